The van der Waals surface area contributed by atoms with Crippen LogP contribution in [0.5, 0.6) is 0 Å². The highest BCUT2D eigenvalue weighted by Crippen LogP contribution is 2.28. The third-order valence-corrected chi connectivity index (χ3v) is 4.50. The molecule has 0 amide bonds. The van der Waals surface area contributed by atoms with E-state index in [9.17, 15) is 0 Å². The van der Waals surface area contributed by atoms with E-state index in [0.29, 0.717) is 0 Å². The van der Waals surface area contributed by atoms with Crippen molar-refractivity contribution in [2.75, 3.05) is 51.3 Å². The molecule has 0 saturated carbocycles. The fraction of sp³-hybridized carbons (Fsp3) is 0.611. The predicted molar refractivity (Wildman–Crippen MR) is 93.2 cm³/mol. The first-order valence-corrected chi connectivity index (χ1v) is 8.35. The lowest BCUT2D eigenvalue weighted by molar-refractivity contribution is 0.143. The Morgan fingerprint density at radius 2 is 1.91 bits per heavy atom. The largest absolute Gasteiger partial charge is 0.423 e. The number of benzene rings is 1. The Bertz CT molecular complexity index is 652. The minimum Gasteiger partial charge on any atom is -0.423 e. The molecule has 0 unspecified atom stereocenters. The first-order chi connectivity index (χ1) is 11.0. The van der Waals surface area contributed by atoms with Crippen molar-refractivity contribution in [2.45, 2.75) is 26.2 Å². The molecule has 1 saturated heterocycles. The summed E-state index contributed by atoms with van der Waals surface area (Å²) in [7, 11) is 1.75. The Morgan fingerprint density at radius 1 is 1.17 bits per heavy atom. The Morgan fingerprint density at radius 3 is 2.57 bits per heavy atom. The van der Waals surface area contributed by atoms with Crippen LogP contribution in [0.3, 0.4) is 0 Å². The topological polar surface area (TPSA) is 41.7 Å². The zero-order valence-electron chi connectivity index (χ0n) is 14.6. The van der Waals surface area contributed by atoms with Gasteiger partial charge in [-0.3, -0.25) is 4.90 Å². The van der Waals surface area contributed by atoms with Crippen LogP contribution >= 0.6 is 0 Å². The van der Waals surface area contributed by atoms with E-state index in [1.165, 1.54) is 5.56 Å². The van der Waals surface area contributed by atoms with E-state index in [-0.39, 0.29) is 5.41 Å². The van der Waals surface area contributed by atoms with Crippen molar-refractivity contribution in [1.82, 2.24) is 9.88 Å². The molecule has 3 rings (SSSR count). The maximum atomic E-state index is 5.96. The number of aromatic nitrogens is 1. The van der Waals surface area contributed by atoms with E-state index in [0.717, 1.165) is 56.4 Å². The van der Waals surface area contributed by atoms with Crippen molar-refractivity contribution >= 4 is 17.1 Å². The molecule has 1 aliphatic heterocycles. The number of hydrogen-bond acceptors (Lipinski definition) is 5. The summed E-state index contributed by atoms with van der Waals surface area (Å²) in [6, 6.07) is 7.08. The number of nitrogens with zero attached hydrogens (tertiary/aromatic N) is 3. The Labute approximate surface area is 138 Å². The number of hydrogen-bond donors (Lipinski definition) is 0. The third kappa shape index (κ3) is 3.67. The molecule has 1 aromatic heterocycles. The molecule has 0 spiro atoms. The average Bonchev–Trinajstić information content (AvgIpc) is 2.95. The molecular formula is C18H27N3O2. The molecule has 1 aliphatic rings. The van der Waals surface area contributed by atoms with Crippen LogP contribution in [0.25, 0.3) is 11.1 Å². The van der Waals surface area contributed by atoms with Crippen molar-refractivity contribution in [3.8, 4) is 0 Å². The lowest BCUT2D eigenvalue weighted by Gasteiger charge is -2.33. The van der Waals surface area contributed by atoms with Gasteiger partial charge in [0.15, 0.2) is 5.58 Å². The van der Waals surface area contributed by atoms with Gasteiger partial charge in [0.1, 0.15) is 5.52 Å². The predicted octanol–water partition coefficient (Wildman–Crippen LogP) is 2.89. The highest BCUT2D eigenvalue weighted by atomic mass is 16.5. The molecule has 0 bridgehead atoms. The number of oxazole rings is 1. The summed E-state index contributed by atoms with van der Waals surface area (Å²) >= 11 is 0. The summed E-state index contributed by atoms with van der Waals surface area (Å²) in [6.45, 7) is 12.4. The second kappa shape index (κ2) is 6.49. The molecule has 5 nitrogen and oxygen atoms in total. The molecule has 1 aromatic carbocycles. The van der Waals surface area contributed by atoms with Crippen molar-refractivity contribution in [2.24, 2.45) is 0 Å². The smallest absolute Gasteiger partial charge is 0.298 e. The zero-order valence-corrected chi connectivity index (χ0v) is 14.6. The van der Waals surface area contributed by atoms with Crippen LogP contribution in [0.4, 0.5) is 6.01 Å². The lowest BCUT2D eigenvalue weighted by atomic mass is 9.87. The summed E-state index contributed by atoms with van der Waals surface area (Å²) in [5, 5.41) is 0. The Hall–Kier alpha value is -1.59. The Balaban J connectivity index is 1.72. The molecule has 5 heteroatoms. The third-order valence-electron chi connectivity index (χ3n) is 4.50. The maximum Gasteiger partial charge on any atom is 0.298 e. The second-order valence-corrected chi connectivity index (χ2v) is 7.25. The van der Waals surface area contributed by atoms with E-state index >= 15 is 0 Å². The van der Waals surface area contributed by atoms with Gasteiger partial charge in [0.25, 0.3) is 6.01 Å². The zero-order chi connectivity index (χ0) is 16.4. The fourth-order valence-electron chi connectivity index (χ4n) is 2.90. The van der Waals surface area contributed by atoms with Gasteiger partial charge in [0.2, 0.25) is 0 Å². The van der Waals surface area contributed by atoms with Crippen LogP contribution in [0.2, 0.25) is 0 Å². The van der Waals surface area contributed by atoms with Gasteiger partial charge in [-0.15, -0.1) is 0 Å². The number of piperazine rings is 1. The van der Waals surface area contributed by atoms with Gasteiger partial charge >= 0.3 is 0 Å². The van der Waals surface area contributed by atoms with Crippen LogP contribution in [0.1, 0.15) is 26.3 Å². The van der Waals surface area contributed by atoms with Gasteiger partial charge in [-0.1, -0.05) is 26.8 Å². The van der Waals surface area contributed by atoms with Crippen molar-refractivity contribution in [3.05, 3.63) is 23.8 Å². The van der Waals surface area contributed by atoms with Crippen LogP contribution in [0.15, 0.2) is 22.6 Å². The van der Waals surface area contributed by atoms with Gasteiger partial charge in [-0.2, -0.15) is 4.98 Å². The fourth-order valence-corrected chi connectivity index (χ4v) is 2.90. The number of rotatable bonds is 4. The SMILES string of the molecule is COCCN1CCN(c2nc3cc(C(C)(C)C)ccc3o2)CC1. The standard InChI is InChI=1S/C18H27N3O2/c1-18(2,3)14-5-6-16-15(13-14)19-17(23-16)21-9-7-20(8-10-21)11-12-22-4/h5-6,13H,7-12H2,1-4H3. The lowest BCUT2D eigenvalue weighted by Crippen LogP contribution is -2.47. The van der Waals surface area contributed by atoms with Crippen LogP contribution in [-0.4, -0.2) is 56.3 Å². The van der Waals surface area contributed by atoms with Crippen molar-refractivity contribution in [3.63, 3.8) is 0 Å². The van der Waals surface area contributed by atoms with Gasteiger partial charge in [0, 0.05) is 39.8 Å². The monoisotopic (exact) mass is 317 g/mol. The van der Waals surface area contributed by atoms with E-state index in [1.54, 1.807) is 7.11 Å². The summed E-state index contributed by atoms with van der Waals surface area (Å²) in [4.78, 5) is 9.37. The highest BCUT2D eigenvalue weighted by Gasteiger charge is 2.21. The van der Waals surface area contributed by atoms with E-state index in [4.69, 9.17) is 14.1 Å². The minimum absolute atomic E-state index is 0.125. The number of ether oxygens (including phenoxy) is 1. The molecule has 2 heterocycles. The first kappa shape index (κ1) is 16.3. The average molecular weight is 317 g/mol. The van der Waals surface area contributed by atoms with Crippen LogP contribution in [0, 0.1) is 0 Å². The minimum atomic E-state index is 0.125. The first-order valence-electron chi connectivity index (χ1n) is 8.35. The second-order valence-electron chi connectivity index (χ2n) is 7.25. The summed E-state index contributed by atoms with van der Waals surface area (Å²) in [5.74, 6) is 0. The number of methoxy groups -OCH3 is 1. The molecule has 0 radical (unpaired) electrons. The molecular weight excluding hydrogens is 290 g/mol. The van der Waals surface area contributed by atoms with Crippen LogP contribution in [-0.2, 0) is 10.2 Å². The van der Waals surface area contributed by atoms with Gasteiger partial charge < -0.3 is 14.1 Å². The number of fused-ring (bicyclic) bond motifs is 1. The molecule has 0 aliphatic carbocycles. The van der Waals surface area contributed by atoms with E-state index in [2.05, 4.69) is 42.7 Å². The van der Waals surface area contributed by atoms with E-state index in [1.807, 2.05) is 6.07 Å². The summed E-state index contributed by atoms with van der Waals surface area (Å²) < 4.78 is 11.1. The van der Waals surface area contributed by atoms with Crippen molar-refractivity contribution in [1.29, 1.82) is 0 Å². The molecule has 126 valence electrons. The molecule has 0 atom stereocenters. The van der Waals surface area contributed by atoms with Gasteiger partial charge in [-0.05, 0) is 23.1 Å². The normalized spacial score (nSPS) is 17.1. The maximum absolute atomic E-state index is 5.96. The highest BCUT2D eigenvalue weighted by molar-refractivity contribution is 5.75. The summed E-state index contributed by atoms with van der Waals surface area (Å²) in [6.07, 6.45) is 0. The summed E-state index contributed by atoms with van der Waals surface area (Å²) in [5.41, 5.74) is 3.23. The number of anilines is 1. The van der Waals surface area contributed by atoms with Gasteiger partial charge in [0.05, 0.1) is 6.61 Å². The van der Waals surface area contributed by atoms with Crippen LogP contribution < -0.4 is 4.90 Å². The molecule has 2 aromatic rings. The molecule has 1 fully saturated rings. The van der Waals surface area contributed by atoms with E-state index < -0.39 is 0 Å². The molecule has 23 heavy (non-hydrogen) atoms. The Kier molecular flexibility index (Phi) is 4.60. The molecule has 0 N–H and O–H groups in total. The quantitative estimate of drug-likeness (QED) is 0.867. The van der Waals surface area contributed by atoms with Gasteiger partial charge in [-0.25, -0.2) is 0 Å². The van der Waals surface area contributed by atoms with Crippen molar-refractivity contribution < 1.29 is 9.15 Å².